The summed E-state index contributed by atoms with van der Waals surface area (Å²) < 4.78 is 36.2. The molecular weight excluding hydrogens is 571 g/mol. The van der Waals surface area contributed by atoms with E-state index in [1.165, 1.54) is 0 Å². The molecule has 0 spiro atoms. The van der Waals surface area contributed by atoms with Gasteiger partial charge in [0.25, 0.3) is 0 Å². The molecule has 0 saturated carbocycles. The van der Waals surface area contributed by atoms with E-state index in [0.717, 1.165) is 41.9 Å². The van der Waals surface area contributed by atoms with Crippen LogP contribution in [0.3, 0.4) is 0 Å². The fraction of sp³-hybridized carbons (Fsp3) is 0.500. The molecule has 0 aliphatic carbocycles. The Morgan fingerprint density at radius 2 is 1.93 bits per heavy atom. The lowest BCUT2D eigenvalue weighted by Gasteiger charge is -2.26. The molecule has 11 heteroatoms. The van der Waals surface area contributed by atoms with Crippen LogP contribution in [0.25, 0.3) is 0 Å². The monoisotopic (exact) mass is 614 g/mol. The largest absolute Gasteiger partial charge is 0.507 e. The smallest absolute Gasteiger partial charge is 0.342 e. The Kier molecular flexibility index (Phi) is 11.4. The summed E-state index contributed by atoms with van der Waals surface area (Å²) in [6.07, 6.45) is 3.59. The topological polar surface area (TPSA) is 124 Å². The van der Waals surface area contributed by atoms with Gasteiger partial charge in [0, 0.05) is 30.8 Å². The van der Waals surface area contributed by atoms with Crippen molar-refractivity contribution in [3.8, 4) is 11.5 Å². The van der Waals surface area contributed by atoms with Crippen LogP contribution in [0.15, 0.2) is 42.0 Å². The fourth-order valence-electron chi connectivity index (χ4n) is 5.52. The zero-order valence-electron chi connectivity index (χ0n) is 25.5. The van der Waals surface area contributed by atoms with E-state index in [1.807, 2.05) is 32.9 Å². The highest BCUT2D eigenvalue weighted by atomic mass is 31.2. The maximum atomic E-state index is 14.2. The Morgan fingerprint density at radius 1 is 1.21 bits per heavy atom. The number of ether oxygens (including phenoxy) is 3. The van der Waals surface area contributed by atoms with Crippen molar-refractivity contribution >= 4 is 19.5 Å². The van der Waals surface area contributed by atoms with E-state index in [9.17, 15) is 19.3 Å². The van der Waals surface area contributed by atoms with Gasteiger partial charge < -0.3 is 23.8 Å². The first-order chi connectivity index (χ1) is 20.6. The van der Waals surface area contributed by atoms with Gasteiger partial charge in [-0.05, 0) is 63.3 Å². The molecule has 2 N–H and O–H groups in total. The molecule has 0 radical (unpaired) electrons. The van der Waals surface area contributed by atoms with Crippen molar-refractivity contribution in [2.75, 3.05) is 45.6 Å². The number of rotatable bonds is 14. The molecule has 1 fully saturated rings. The maximum Gasteiger partial charge on any atom is 0.342 e. The van der Waals surface area contributed by atoms with Crippen molar-refractivity contribution in [3.05, 3.63) is 69.8 Å². The Bertz CT molecular complexity index is 1370. The van der Waals surface area contributed by atoms with E-state index >= 15 is 0 Å². The summed E-state index contributed by atoms with van der Waals surface area (Å²) in [5.74, 6) is -0.669. The van der Waals surface area contributed by atoms with Crippen LogP contribution in [-0.2, 0) is 43.0 Å². The van der Waals surface area contributed by atoms with E-state index in [-0.39, 0.29) is 30.7 Å². The van der Waals surface area contributed by atoms with Crippen molar-refractivity contribution in [3.63, 3.8) is 0 Å². The molecule has 2 aliphatic rings. The summed E-state index contributed by atoms with van der Waals surface area (Å²) in [5.41, 5.74) is 4.26. The molecule has 0 amide bonds. The van der Waals surface area contributed by atoms with Crippen LogP contribution in [0.2, 0.25) is 0 Å². The van der Waals surface area contributed by atoms with Crippen molar-refractivity contribution in [2.24, 2.45) is 0 Å². The van der Waals surface area contributed by atoms with Gasteiger partial charge in [-0.1, -0.05) is 36.8 Å². The van der Waals surface area contributed by atoms with Gasteiger partial charge in [0.1, 0.15) is 29.7 Å². The third kappa shape index (κ3) is 8.48. The van der Waals surface area contributed by atoms with Gasteiger partial charge in [-0.2, -0.15) is 0 Å². The van der Waals surface area contributed by atoms with Crippen LogP contribution >= 0.6 is 7.52 Å². The Labute approximate surface area is 253 Å². The number of fused-ring (bicyclic) bond motifs is 1. The third-order valence-electron chi connectivity index (χ3n) is 7.82. The normalized spacial score (nSPS) is 17.6. The van der Waals surface area contributed by atoms with Crippen LogP contribution in [0.5, 0.6) is 11.5 Å². The number of morpholine rings is 1. The standard InChI is InChI=1S/C32H43N2O8P/c1-5-26-23(3)28-20-41-32(37)29(28)30(35)27(26)13-12-22(2)21-43(38,42-25-10-7-6-8-11-25)33-24(4)31(36)40-17-9-14-34-15-18-39-19-16-34/h6-8,10-12,24,35H,5,9,13-21H2,1-4H3,(H,33,38)/t24-,43?/m0/s1. The predicted molar refractivity (Wildman–Crippen MR) is 164 cm³/mol. The molecule has 2 aromatic carbocycles. The average molecular weight is 615 g/mol. The average Bonchev–Trinajstić information content (AvgIpc) is 3.38. The molecule has 2 heterocycles. The molecule has 4 rings (SSSR count). The lowest BCUT2D eigenvalue weighted by Crippen LogP contribution is -2.38. The second-order valence-corrected chi connectivity index (χ2v) is 13.1. The van der Waals surface area contributed by atoms with Crippen molar-refractivity contribution in [1.29, 1.82) is 0 Å². The van der Waals surface area contributed by atoms with Crippen LogP contribution in [0, 0.1) is 6.92 Å². The molecule has 2 aliphatic heterocycles. The Balaban J connectivity index is 1.44. The summed E-state index contributed by atoms with van der Waals surface area (Å²) in [4.78, 5) is 27.4. The second kappa shape index (κ2) is 15.0. The first-order valence-electron chi connectivity index (χ1n) is 14.9. The second-order valence-electron chi connectivity index (χ2n) is 11.0. The SMILES string of the molecule is CCc1c(C)c2c(c(O)c1CC=C(C)CP(=O)(N[C@@H](C)C(=O)OCCCN1CCOCC1)Oc1ccccc1)C(=O)OC2. The lowest BCUT2D eigenvalue weighted by atomic mass is 9.89. The minimum absolute atomic E-state index is 0.0186. The number of phenolic OH excluding ortho intramolecular Hbond substituents is 1. The van der Waals surface area contributed by atoms with E-state index < -0.39 is 25.5 Å². The molecular formula is C32H43N2O8P. The summed E-state index contributed by atoms with van der Waals surface area (Å²) in [5, 5.41) is 13.9. The quantitative estimate of drug-likeness (QED) is 0.131. The molecule has 0 aromatic heterocycles. The van der Waals surface area contributed by atoms with Crippen LogP contribution < -0.4 is 9.61 Å². The number of nitrogens with one attached hydrogen (secondary N) is 1. The number of carbonyl (C=O) groups is 2. The Morgan fingerprint density at radius 3 is 2.63 bits per heavy atom. The zero-order chi connectivity index (χ0) is 31.0. The number of esters is 2. The number of phenols is 1. The van der Waals surface area contributed by atoms with Crippen LogP contribution in [0.1, 0.15) is 59.8 Å². The van der Waals surface area contributed by atoms with E-state index in [4.69, 9.17) is 18.7 Å². The van der Waals surface area contributed by atoms with Gasteiger partial charge in [-0.25, -0.2) is 9.88 Å². The van der Waals surface area contributed by atoms with Gasteiger partial charge in [0.05, 0.1) is 26.0 Å². The van der Waals surface area contributed by atoms with Crippen molar-refractivity contribution in [2.45, 2.75) is 59.6 Å². The minimum Gasteiger partial charge on any atom is -0.507 e. The van der Waals surface area contributed by atoms with Crippen molar-refractivity contribution in [1.82, 2.24) is 9.99 Å². The van der Waals surface area contributed by atoms with Gasteiger partial charge in [-0.3, -0.25) is 14.3 Å². The summed E-state index contributed by atoms with van der Waals surface area (Å²) in [6, 6.07) is 7.95. The highest BCUT2D eigenvalue weighted by Gasteiger charge is 2.32. The van der Waals surface area contributed by atoms with Crippen LogP contribution in [-0.4, -0.2) is 73.6 Å². The molecule has 1 saturated heterocycles. The predicted octanol–water partition coefficient (Wildman–Crippen LogP) is 4.94. The van der Waals surface area contributed by atoms with E-state index in [2.05, 4.69) is 9.99 Å². The van der Waals surface area contributed by atoms with Crippen LogP contribution in [0.4, 0.5) is 0 Å². The molecule has 10 nitrogen and oxygen atoms in total. The first-order valence-corrected chi connectivity index (χ1v) is 16.7. The summed E-state index contributed by atoms with van der Waals surface area (Å²) in [7, 11) is -3.63. The van der Waals surface area contributed by atoms with Gasteiger partial charge in [0.2, 0.25) is 0 Å². The molecule has 2 aromatic rings. The number of allylic oxidation sites excluding steroid dienone is 2. The number of para-hydroxylation sites is 1. The highest BCUT2D eigenvalue weighted by molar-refractivity contribution is 7.57. The molecule has 1 unspecified atom stereocenters. The molecule has 2 atom stereocenters. The number of cyclic esters (lactones) is 1. The minimum atomic E-state index is -3.63. The number of hydrogen-bond acceptors (Lipinski definition) is 9. The number of aromatic hydroxyl groups is 1. The fourth-order valence-corrected chi connectivity index (χ4v) is 7.68. The third-order valence-corrected chi connectivity index (χ3v) is 10.0. The lowest BCUT2D eigenvalue weighted by molar-refractivity contribution is -0.145. The number of benzene rings is 2. The molecule has 0 bridgehead atoms. The molecule has 43 heavy (non-hydrogen) atoms. The van der Waals surface area contributed by atoms with Gasteiger partial charge >= 0.3 is 19.5 Å². The number of hydrogen-bond donors (Lipinski definition) is 2. The van der Waals surface area contributed by atoms with E-state index in [0.29, 0.717) is 43.8 Å². The maximum absolute atomic E-state index is 14.2. The zero-order valence-corrected chi connectivity index (χ0v) is 26.4. The first kappa shape index (κ1) is 32.7. The van der Waals surface area contributed by atoms with Gasteiger partial charge in [-0.15, -0.1) is 0 Å². The Hall–Kier alpha value is -3.17. The van der Waals surface area contributed by atoms with Gasteiger partial charge in [0.15, 0.2) is 0 Å². The number of carbonyl (C=O) groups excluding carboxylic acids is 2. The van der Waals surface area contributed by atoms with E-state index in [1.54, 1.807) is 31.2 Å². The number of nitrogens with zero attached hydrogens (tertiary/aromatic N) is 1. The van der Waals surface area contributed by atoms with Crippen molar-refractivity contribution < 1.29 is 38.0 Å². The summed E-state index contributed by atoms with van der Waals surface area (Å²) in [6.45, 7) is 11.8. The highest BCUT2D eigenvalue weighted by Crippen LogP contribution is 2.45. The summed E-state index contributed by atoms with van der Waals surface area (Å²) >= 11 is 0. The molecule has 234 valence electrons.